The molecule has 10 heteroatoms. The molecule has 1 fully saturated rings. The van der Waals surface area contributed by atoms with Gasteiger partial charge in [0.25, 0.3) is 11.1 Å². The molecule has 0 bridgehead atoms. The Kier molecular flexibility index (Phi) is 8.56. The van der Waals surface area contributed by atoms with Crippen molar-refractivity contribution in [2.75, 3.05) is 11.9 Å². The van der Waals surface area contributed by atoms with Gasteiger partial charge in [0.15, 0.2) is 0 Å². The summed E-state index contributed by atoms with van der Waals surface area (Å²) in [5.74, 6) is -0.390. The Morgan fingerprint density at radius 3 is 2.50 bits per heavy atom. The van der Waals surface area contributed by atoms with Crippen LogP contribution >= 0.6 is 55.2 Å². The molecule has 1 N–H and O–H groups in total. The van der Waals surface area contributed by atoms with Gasteiger partial charge in [-0.1, -0.05) is 41.9 Å². The van der Waals surface area contributed by atoms with Gasteiger partial charge >= 0.3 is 0 Å². The van der Waals surface area contributed by atoms with E-state index in [1.165, 1.54) is 0 Å². The van der Waals surface area contributed by atoms with Crippen molar-refractivity contribution in [1.29, 1.82) is 0 Å². The number of halogens is 3. The van der Waals surface area contributed by atoms with E-state index in [9.17, 15) is 14.4 Å². The standard InChI is InChI=1S/C26H19Br2ClN2O4S/c1-15-5-4-7-18(9-15)30-23(32)13-31-25(33)22(36-26(31)34)12-16-10-19(27)24(20(28)11-16)35-14-17-6-2-3-8-21(17)29/h2-12H,13-14H2,1H3,(H,30,32)/b22-12+. The minimum atomic E-state index is -0.518. The average molecular weight is 651 g/mol. The van der Waals surface area contributed by atoms with Crippen LogP contribution in [0, 0.1) is 6.92 Å². The van der Waals surface area contributed by atoms with Crippen LogP contribution in [0.5, 0.6) is 5.75 Å². The van der Waals surface area contributed by atoms with Crippen LogP contribution in [0.2, 0.25) is 5.02 Å². The van der Waals surface area contributed by atoms with Gasteiger partial charge < -0.3 is 10.1 Å². The second kappa shape index (κ2) is 11.6. The van der Waals surface area contributed by atoms with Gasteiger partial charge in [-0.3, -0.25) is 19.3 Å². The molecule has 4 rings (SSSR count). The molecule has 0 saturated carbocycles. The molecular weight excluding hydrogens is 632 g/mol. The summed E-state index contributed by atoms with van der Waals surface area (Å²) in [6, 6.07) is 18.3. The molecule has 0 aliphatic carbocycles. The molecule has 6 nitrogen and oxygen atoms in total. The van der Waals surface area contributed by atoms with E-state index >= 15 is 0 Å². The second-order valence-corrected chi connectivity index (χ2v) is 11.0. The third-order valence-electron chi connectivity index (χ3n) is 5.13. The van der Waals surface area contributed by atoms with Crippen molar-refractivity contribution in [3.8, 4) is 5.75 Å². The molecule has 1 heterocycles. The van der Waals surface area contributed by atoms with Gasteiger partial charge in [0.2, 0.25) is 5.91 Å². The molecule has 1 aliphatic rings. The smallest absolute Gasteiger partial charge is 0.294 e. The average Bonchev–Trinajstić information content (AvgIpc) is 3.07. The van der Waals surface area contributed by atoms with Crippen LogP contribution in [0.3, 0.4) is 0 Å². The van der Waals surface area contributed by atoms with Gasteiger partial charge in [0.05, 0.1) is 13.9 Å². The number of hydrogen-bond donors (Lipinski definition) is 1. The number of hydrogen-bond acceptors (Lipinski definition) is 5. The zero-order chi connectivity index (χ0) is 25.8. The van der Waals surface area contributed by atoms with Crippen LogP contribution in [0.1, 0.15) is 16.7 Å². The number of nitrogens with one attached hydrogen (secondary N) is 1. The lowest BCUT2D eigenvalue weighted by molar-refractivity contribution is -0.127. The summed E-state index contributed by atoms with van der Waals surface area (Å²) in [6.07, 6.45) is 1.61. The molecule has 0 spiro atoms. The van der Waals surface area contributed by atoms with E-state index < -0.39 is 17.1 Å². The number of benzene rings is 3. The third kappa shape index (κ3) is 6.39. The molecule has 36 heavy (non-hydrogen) atoms. The lowest BCUT2D eigenvalue weighted by atomic mass is 10.2. The minimum Gasteiger partial charge on any atom is -0.486 e. The zero-order valence-corrected chi connectivity index (χ0v) is 23.6. The first-order chi connectivity index (χ1) is 17.2. The van der Waals surface area contributed by atoms with Crippen LogP contribution in [-0.2, 0) is 16.2 Å². The number of carbonyl (C=O) groups excluding carboxylic acids is 3. The topological polar surface area (TPSA) is 75.7 Å². The largest absolute Gasteiger partial charge is 0.486 e. The zero-order valence-electron chi connectivity index (χ0n) is 18.9. The molecule has 184 valence electrons. The summed E-state index contributed by atoms with van der Waals surface area (Å²) in [4.78, 5) is 38.9. The van der Waals surface area contributed by atoms with Gasteiger partial charge in [-0.25, -0.2) is 0 Å². The Balaban J connectivity index is 1.44. The highest BCUT2D eigenvalue weighted by Gasteiger charge is 2.36. The van der Waals surface area contributed by atoms with E-state index in [4.69, 9.17) is 16.3 Å². The summed E-state index contributed by atoms with van der Waals surface area (Å²) in [5.41, 5.74) is 3.12. The molecule has 3 aromatic carbocycles. The molecule has 3 aromatic rings. The van der Waals surface area contributed by atoms with Crippen LogP contribution in [0.4, 0.5) is 10.5 Å². The molecule has 1 saturated heterocycles. The van der Waals surface area contributed by atoms with Crippen LogP contribution in [0.15, 0.2) is 74.5 Å². The number of ether oxygens (including phenoxy) is 1. The Hall–Kier alpha value is -2.59. The van der Waals surface area contributed by atoms with Crippen molar-refractivity contribution in [2.24, 2.45) is 0 Å². The number of carbonyl (C=O) groups is 3. The highest BCUT2D eigenvalue weighted by atomic mass is 79.9. The minimum absolute atomic E-state index is 0.229. The maximum Gasteiger partial charge on any atom is 0.294 e. The quantitative estimate of drug-likeness (QED) is 0.269. The number of nitrogens with zero attached hydrogens (tertiary/aromatic N) is 1. The number of thioether (sulfide) groups is 1. The first-order valence-corrected chi connectivity index (χ1v) is 13.5. The Bertz CT molecular complexity index is 1370. The maximum absolute atomic E-state index is 12.9. The predicted octanol–water partition coefficient (Wildman–Crippen LogP) is 7.43. The van der Waals surface area contributed by atoms with Crippen molar-refractivity contribution >= 4 is 84.0 Å². The number of imide groups is 1. The van der Waals surface area contributed by atoms with Gasteiger partial charge in [-0.2, -0.15) is 0 Å². The number of amides is 3. The lowest BCUT2D eigenvalue weighted by Gasteiger charge is -2.13. The van der Waals surface area contributed by atoms with Gasteiger partial charge in [0.1, 0.15) is 18.9 Å². The fourth-order valence-electron chi connectivity index (χ4n) is 3.42. The molecule has 0 aromatic heterocycles. The molecule has 0 radical (unpaired) electrons. The van der Waals surface area contributed by atoms with Gasteiger partial charge in [-0.05, 0) is 98.1 Å². The SMILES string of the molecule is Cc1cccc(NC(=O)CN2C(=O)S/C(=C/c3cc(Br)c(OCc4ccccc4Cl)c(Br)c3)C2=O)c1. The normalized spacial score (nSPS) is 14.4. The van der Waals surface area contributed by atoms with Crippen LogP contribution in [0.25, 0.3) is 6.08 Å². The Labute approximate surface area is 234 Å². The van der Waals surface area contributed by atoms with Crippen molar-refractivity contribution in [3.05, 3.63) is 96.2 Å². The number of aryl methyl sites for hydroxylation is 1. The number of rotatable bonds is 7. The predicted molar refractivity (Wildman–Crippen MR) is 150 cm³/mol. The van der Waals surface area contributed by atoms with Crippen molar-refractivity contribution in [2.45, 2.75) is 13.5 Å². The van der Waals surface area contributed by atoms with E-state index in [0.717, 1.165) is 27.8 Å². The highest BCUT2D eigenvalue weighted by molar-refractivity contribution is 9.11. The van der Waals surface area contributed by atoms with Crippen molar-refractivity contribution in [1.82, 2.24) is 4.90 Å². The number of anilines is 1. The van der Waals surface area contributed by atoms with Crippen LogP contribution < -0.4 is 10.1 Å². The third-order valence-corrected chi connectivity index (χ3v) is 7.58. The first kappa shape index (κ1) is 26.5. The monoisotopic (exact) mass is 648 g/mol. The summed E-state index contributed by atoms with van der Waals surface area (Å²) < 4.78 is 7.26. The van der Waals surface area contributed by atoms with Crippen molar-refractivity contribution < 1.29 is 19.1 Å². The van der Waals surface area contributed by atoms with E-state index in [-0.39, 0.29) is 18.1 Å². The van der Waals surface area contributed by atoms with Crippen LogP contribution in [-0.4, -0.2) is 28.5 Å². The summed E-state index contributed by atoms with van der Waals surface area (Å²) in [6.45, 7) is 1.82. The summed E-state index contributed by atoms with van der Waals surface area (Å²) >= 11 is 14.0. The molecular formula is C26H19Br2ClN2O4S. The Morgan fingerprint density at radius 1 is 1.08 bits per heavy atom. The molecule has 1 aliphatic heterocycles. The van der Waals surface area contributed by atoms with E-state index in [1.54, 1.807) is 30.3 Å². The lowest BCUT2D eigenvalue weighted by Crippen LogP contribution is -2.36. The van der Waals surface area contributed by atoms with E-state index in [1.807, 2.05) is 43.3 Å². The Morgan fingerprint density at radius 2 is 1.81 bits per heavy atom. The highest BCUT2D eigenvalue weighted by Crippen LogP contribution is 2.38. The maximum atomic E-state index is 12.9. The van der Waals surface area contributed by atoms with E-state index in [2.05, 4.69) is 37.2 Å². The summed E-state index contributed by atoms with van der Waals surface area (Å²) in [5, 5.41) is 2.83. The van der Waals surface area contributed by atoms with Gasteiger partial charge in [-0.15, -0.1) is 0 Å². The molecule has 0 unspecified atom stereocenters. The summed E-state index contributed by atoms with van der Waals surface area (Å²) in [7, 11) is 0. The molecule has 3 amide bonds. The fraction of sp³-hybridized carbons (Fsp3) is 0.115. The molecule has 0 atom stereocenters. The van der Waals surface area contributed by atoms with Gasteiger partial charge in [0, 0.05) is 16.3 Å². The fourth-order valence-corrected chi connectivity index (χ4v) is 5.90. The van der Waals surface area contributed by atoms with E-state index in [0.29, 0.717) is 31.0 Å². The van der Waals surface area contributed by atoms with Crippen molar-refractivity contribution in [3.63, 3.8) is 0 Å². The first-order valence-electron chi connectivity index (χ1n) is 10.7. The second-order valence-electron chi connectivity index (χ2n) is 7.88.